The zero-order valence-electron chi connectivity index (χ0n) is 34.2. The molecule has 19 nitrogen and oxygen atoms in total. The van der Waals surface area contributed by atoms with Crippen LogP contribution >= 0.6 is 11.6 Å². The molecule has 0 radical (unpaired) electrons. The van der Waals surface area contributed by atoms with Gasteiger partial charge in [-0.15, -0.1) is 20.2 Å². The van der Waals surface area contributed by atoms with Crippen LogP contribution in [0.1, 0.15) is 52.4 Å². The van der Waals surface area contributed by atoms with Gasteiger partial charge in [-0.3, -0.25) is 4.68 Å². The molecule has 0 fully saturated rings. The third-order valence-corrected chi connectivity index (χ3v) is 9.48. The molecule has 0 spiro atoms. The van der Waals surface area contributed by atoms with Gasteiger partial charge in [0, 0.05) is 57.8 Å². The number of hydrogen-bond donors (Lipinski definition) is 0. The van der Waals surface area contributed by atoms with Gasteiger partial charge < -0.3 is 42.8 Å². The van der Waals surface area contributed by atoms with Gasteiger partial charge in [-0.2, -0.15) is 5.10 Å². The molecule has 0 unspecified atom stereocenters. The number of esters is 2. The Bertz CT molecular complexity index is 2190. The molecule has 0 N–H and O–H groups in total. The van der Waals surface area contributed by atoms with Gasteiger partial charge in [0.1, 0.15) is 50.3 Å². The molecule has 0 saturated carbocycles. The number of aryl methyl sites for hydroxylation is 1. The first-order valence-electron chi connectivity index (χ1n) is 19.7. The topological polar surface area (TPSA) is 221 Å². The number of fused-ring (bicyclic) bond motifs is 1. The fraction of sp³-hybridized carbons (Fsp3) is 0.405. The summed E-state index contributed by atoms with van der Waals surface area (Å²) in [6.07, 6.45) is 5.85. The summed E-state index contributed by atoms with van der Waals surface area (Å²) in [5.74, 6) is 0.395. The maximum Gasteiger partial charge on any atom is 0.338 e. The van der Waals surface area contributed by atoms with Crippen LogP contribution in [0.4, 0.5) is 0 Å². The number of aromatic nitrogens is 2. The van der Waals surface area contributed by atoms with E-state index >= 15 is 0 Å². The maximum atomic E-state index is 13.9. The SMILES string of the molecule is CCCCn1ncc(C=C(Cc2cc3c(cc2OC)CCO3)C(=O)OCCOCCO[N+](=O)[O-])c1-c1ccc(Cl)cc1OCc1ccccc1C(=O)OCCOCCO[N+](=O)[O-]. The molecule has 1 aliphatic rings. The Morgan fingerprint density at radius 3 is 2.31 bits per heavy atom. The van der Waals surface area contributed by atoms with Gasteiger partial charge in [0.2, 0.25) is 0 Å². The lowest BCUT2D eigenvalue weighted by Crippen LogP contribution is -2.16. The highest BCUT2D eigenvalue weighted by atomic mass is 35.5. The molecule has 1 aliphatic heterocycles. The van der Waals surface area contributed by atoms with E-state index in [-0.39, 0.29) is 77.0 Å². The Balaban J connectivity index is 1.43. The molecule has 0 aliphatic carbocycles. The van der Waals surface area contributed by atoms with Gasteiger partial charge in [-0.05, 0) is 48.9 Å². The van der Waals surface area contributed by atoms with Gasteiger partial charge in [0.25, 0.3) is 10.2 Å². The molecule has 20 heteroatoms. The maximum absolute atomic E-state index is 13.9. The Morgan fingerprint density at radius 2 is 1.60 bits per heavy atom. The second kappa shape index (κ2) is 24.1. The molecule has 2 heterocycles. The van der Waals surface area contributed by atoms with Crippen LogP contribution in [0.15, 0.2) is 66.4 Å². The highest BCUT2D eigenvalue weighted by Gasteiger charge is 2.23. The van der Waals surface area contributed by atoms with Gasteiger partial charge in [0.15, 0.2) is 0 Å². The number of methoxy groups -OCH3 is 1. The molecule has 0 atom stereocenters. The summed E-state index contributed by atoms with van der Waals surface area (Å²) in [4.78, 5) is 56.2. The first kappa shape index (κ1) is 46.6. The first-order valence-corrected chi connectivity index (χ1v) is 20.1. The van der Waals surface area contributed by atoms with Crippen LogP contribution in [0.2, 0.25) is 5.02 Å². The Hall–Kier alpha value is -6.44. The summed E-state index contributed by atoms with van der Waals surface area (Å²) in [7, 11) is 1.56. The van der Waals surface area contributed by atoms with Crippen LogP contribution < -0.4 is 14.2 Å². The number of benzene rings is 3. The van der Waals surface area contributed by atoms with E-state index in [9.17, 15) is 29.8 Å². The van der Waals surface area contributed by atoms with Crippen molar-refractivity contribution in [3.8, 4) is 28.5 Å². The van der Waals surface area contributed by atoms with E-state index in [1.807, 2.05) is 16.8 Å². The zero-order valence-corrected chi connectivity index (χ0v) is 35.0. The lowest BCUT2D eigenvalue weighted by atomic mass is 9.98. The van der Waals surface area contributed by atoms with E-state index in [0.29, 0.717) is 63.4 Å². The van der Waals surface area contributed by atoms with Crippen molar-refractivity contribution in [2.45, 2.75) is 45.8 Å². The summed E-state index contributed by atoms with van der Waals surface area (Å²) < 4.78 is 41.4. The normalized spacial score (nSPS) is 12.0. The highest BCUT2D eigenvalue weighted by molar-refractivity contribution is 6.30. The number of nitrogens with zero attached hydrogens (tertiary/aromatic N) is 4. The second-order valence-corrected chi connectivity index (χ2v) is 13.9. The molecule has 0 saturated heterocycles. The average Bonchev–Trinajstić information content (AvgIpc) is 3.89. The van der Waals surface area contributed by atoms with Crippen LogP contribution in [0.5, 0.6) is 17.2 Å². The number of rotatable bonds is 27. The van der Waals surface area contributed by atoms with Gasteiger partial charge in [-0.1, -0.05) is 43.1 Å². The van der Waals surface area contributed by atoms with E-state index in [4.69, 9.17) is 49.9 Å². The van der Waals surface area contributed by atoms with Gasteiger partial charge >= 0.3 is 11.9 Å². The Labute approximate surface area is 361 Å². The summed E-state index contributed by atoms with van der Waals surface area (Å²) in [6.45, 7) is 2.18. The van der Waals surface area contributed by atoms with Crippen molar-refractivity contribution in [3.63, 3.8) is 0 Å². The van der Waals surface area contributed by atoms with Crippen molar-refractivity contribution < 1.29 is 62.6 Å². The molecule has 0 amide bonds. The molecule has 332 valence electrons. The van der Waals surface area contributed by atoms with Crippen molar-refractivity contribution in [2.75, 3.05) is 66.6 Å². The van der Waals surface area contributed by atoms with Gasteiger partial charge in [-0.25, -0.2) is 9.59 Å². The highest BCUT2D eigenvalue weighted by Crippen LogP contribution is 2.38. The molecular weight excluding hydrogens is 836 g/mol. The molecule has 5 rings (SSSR count). The fourth-order valence-electron chi connectivity index (χ4n) is 6.34. The van der Waals surface area contributed by atoms with Crippen LogP contribution in [-0.2, 0) is 59.4 Å². The largest absolute Gasteiger partial charge is 0.496 e. The Morgan fingerprint density at radius 1 is 0.887 bits per heavy atom. The monoisotopic (exact) mass is 882 g/mol. The number of ether oxygens (including phenoxy) is 7. The minimum Gasteiger partial charge on any atom is -0.496 e. The predicted octanol–water partition coefficient (Wildman–Crippen LogP) is 6.30. The number of hydrogen-bond acceptors (Lipinski definition) is 16. The molecule has 4 aromatic rings. The van der Waals surface area contributed by atoms with Gasteiger partial charge in [0.05, 0.1) is 57.6 Å². The van der Waals surface area contributed by atoms with Crippen LogP contribution in [0.3, 0.4) is 0 Å². The molecule has 1 aromatic heterocycles. The van der Waals surface area contributed by atoms with Crippen molar-refractivity contribution in [1.82, 2.24) is 9.78 Å². The minimum atomic E-state index is -0.918. The van der Waals surface area contributed by atoms with Crippen molar-refractivity contribution in [1.29, 1.82) is 0 Å². The summed E-state index contributed by atoms with van der Waals surface area (Å²) in [5.41, 5.74) is 4.53. The van der Waals surface area contributed by atoms with E-state index in [1.54, 1.807) is 61.8 Å². The second-order valence-electron chi connectivity index (χ2n) is 13.4. The number of unbranched alkanes of at least 4 members (excludes halogenated alkanes) is 1. The van der Waals surface area contributed by atoms with E-state index in [2.05, 4.69) is 16.6 Å². The fourth-order valence-corrected chi connectivity index (χ4v) is 6.50. The standard InChI is InChI=1S/C42H47ClN4O15/c1-3-4-12-45-40(36-10-9-34(43)26-39(36)60-28-30-7-5-6-8-35(30)42(49)59-19-15-56-17-21-62-47(52)53)33(27-44-45)23-32(41(48)58-18-14-55-16-20-61-46(50)51)22-31-25-38-29(11-13-57-38)24-37(31)54-2/h5-10,23-27H,3-4,11-22,28H2,1-2H3. The van der Waals surface area contributed by atoms with Crippen molar-refractivity contribution in [2.24, 2.45) is 0 Å². The number of carbonyl (C=O) groups is 2. The zero-order chi connectivity index (χ0) is 44.3. The summed E-state index contributed by atoms with van der Waals surface area (Å²) in [6, 6.07) is 15.7. The summed E-state index contributed by atoms with van der Waals surface area (Å²) in [5, 5.41) is 24.0. The van der Waals surface area contributed by atoms with Crippen LogP contribution in [-0.4, -0.2) is 98.5 Å². The van der Waals surface area contributed by atoms with E-state index in [0.717, 1.165) is 24.8 Å². The molecule has 0 bridgehead atoms. The Kier molecular flexibility index (Phi) is 18.1. The van der Waals surface area contributed by atoms with E-state index < -0.39 is 22.1 Å². The quantitative estimate of drug-likeness (QED) is 0.0211. The molecule has 62 heavy (non-hydrogen) atoms. The summed E-state index contributed by atoms with van der Waals surface area (Å²) >= 11 is 6.54. The molecule has 3 aromatic carbocycles. The predicted molar refractivity (Wildman–Crippen MR) is 221 cm³/mol. The smallest absolute Gasteiger partial charge is 0.338 e. The number of carbonyl (C=O) groups excluding carboxylic acids is 2. The van der Waals surface area contributed by atoms with E-state index in [1.165, 1.54) is 0 Å². The number of halogens is 1. The lowest BCUT2D eigenvalue weighted by molar-refractivity contribution is -0.758. The minimum absolute atomic E-state index is 0.00656. The third-order valence-electron chi connectivity index (χ3n) is 9.25. The van der Waals surface area contributed by atoms with Crippen LogP contribution in [0.25, 0.3) is 17.3 Å². The average molecular weight is 883 g/mol. The van der Waals surface area contributed by atoms with Crippen molar-refractivity contribution >= 4 is 29.6 Å². The molecular formula is C42H47ClN4O15. The van der Waals surface area contributed by atoms with Crippen LogP contribution in [0, 0.1) is 20.2 Å². The van der Waals surface area contributed by atoms with Crippen molar-refractivity contribution in [3.05, 3.63) is 119 Å². The third kappa shape index (κ3) is 13.8. The lowest BCUT2D eigenvalue weighted by Gasteiger charge is -2.17. The first-order chi connectivity index (χ1) is 30.1.